The Bertz CT molecular complexity index is 704. The second-order valence-electron chi connectivity index (χ2n) is 4.73. The Morgan fingerprint density at radius 1 is 1.17 bits per heavy atom. The van der Waals surface area contributed by atoms with Crippen LogP contribution in [0.5, 0.6) is 0 Å². The maximum absolute atomic E-state index is 11.3. The molecule has 2 rings (SSSR count). The van der Waals surface area contributed by atoms with Gasteiger partial charge < -0.3 is 4.74 Å². The molecule has 0 bridgehead atoms. The zero-order valence-corrected chi connectivity index (χ0v) is 14.4. The molecule has 0 N–H and O–H groups in total. The van der Waals surface area contributed by atoms with Crippen LogP contribution in [0.2, 0.25) is 5.02 Å². The van der Waals surface area contributed by atoms with Crippen LogP contribution in [0.3, 0.4) is 0 Å². The molecule has 0 aliphatic rings. The molecule has 2 nitrogen and oxygen atoms in total. The lowest BCUT2D eigenvalue weighted by Crippen LogP contribution is -2.03. The lowest BCUT2D eigenvalue weighted by molar-refractivity contribution is -0.140. The summed E-state index contributed by atoms with van der Waals surface area (Å²) in [4.78, 5) is 11.3. The van der Waals surface area contributed by atoms with Crippen molar-refractivity contribution in [3.8, 4) is 11.8 Å². The maximum Gasteiger partial charge on any atom is 0.306 e. The number of rotatable bonds is 5. The van der Waals surface area contributed by atoms with Gasteiger partial charge in [-0.05, 0) is 23.8 Å². The zero-order valence-electron chi connectivity index (χ0n) is 12.8. The molecule has 0 aliphatic carbocycles. The van der Waals surface area contributed by atoms with Crippen LogP contribution in [0.4, 0.5) is 0 Å². The van der Waals surface area contributed by atoms with E-state index in [9.17, 15) is 4.79 Å². The minimum absolute atomic E-state index is 0.0893. The van der Waals surface area contributed by atoms with Crippen LogP contribution in [-0.2, 0) is 9.53 Å². The molecule has 0 radical (unpaired) electrons. The number of hydrogen-bond acceptors (Lipinski definition) is 3. The van der Waals surface area contributed by atoms with Gasteiger partial charge in [0.15, 0.2) is 0 Å². The van der Waals surface area contributed by atoms with Crippen LogP contribution in [-0.4, -0.2) is 18.8 Å². The normalized spacial score (nSPS) is 11.2. The summed E-state index contributed by atoms with van der Waals surface area (Å²) < 4.78 is 4.68. The Labute approximate surface area is 146 Å². The van der Waals surface area contributed by atoms with Crippen LogP contribution >= 0.6 is 23.4 Å². The molecule has 4 heteroatoms. The minimum atomic E-state index is -0.216. The third kappa shape index (κ3) is 5.67. The van der Waals surface area contributed by atoms with Crippen molar-refractivity contribution in [2.75, 3.05) is 12.9 Å². The quantitative estimate of drug-likeness (QED) is 0.579. The average Bonchev–Trinajstić information content (AvgIpc) is 2.59. The molecule has 0 heterocycles. The molecule has 118 valence electrons. The molecule has 0 aromatic heterocycles. The largest absolute Gasteiger partial charge is 0.469 e. The fraction of sp³-hybridized carbons (Fsp3) is 0.211. The Morgan fingerprint density at radius 2 is 1.87 bits per heavy atom. The van der Waals surface area contributed by atoms with Crippen molar-refractivity contribution in [2.24, 2.45) is 0 Å². The molecular formula is C19H17ClO2S. The van der Waals surface area contributed by atoms with Gasteiger partial charge in [0, 0.05) is 16.3 Å². The number of carbonyl (C=O) groups is 1. The first-order valence-corrected chi connectivity index (χ1v) is 8.63. The Morgan fingerprint density at radius 3 is 2.57 bits per heavy atom. The lowest BCUT2D eigenvalue weighted by atomic mass is 10.1. The molecular weight excluding hydrogens is 328 g/mol. The standard InChI is InChI=1S/C19H17ClO2S/c1-22-19(21)13-14-23-18(16-9-5-6-10-17(16)20)12-11-15-7-3-2-4-8-15/h2-10,18H,13-14H2,1H3/t18-/m0/s1. The highest BCUT2D eigenvalue weighted by Gasteiger charge is 2.13. The molecule has 23 heavy (non-hydrogen) atoms. The van der Waals surface area contributed by atoms with Crippen molar-refractivity contribution in [3.63, 3.8) is 0 Å². The molecule has 0 amide bonds. The fourth-order valence-corrected chi connectivity index (χ4v) is 3.29. The van der Waals surface area contributed by atoms with Crippen LogP contribution in [0.1, 0.15) is 22.8 Å². The summed E-state index contributed by atoms with van der Waals surface area (Å²) >= 11 is 7.89. The fourth-order valence-electron chi connectivity index (χ4n) is 1.93. The summed E-state index contributed by atoms with van der Waals surface area (Å²) in [5.41, 5.74) is 1.92. The Hall–Kier alpha value is -1.89. The van der Waals surface area contributed by atoms with E-state index in [0.29, 0.717) is 17.2 Å². The molecule has 1 atom stereocenters. The number of benzene rings is 2. The van der Waals surface area contributed by atoms with E-state index in [4.69, 9.17) is 11.6 Å². The third-order valence-corrected chi connectivity index (χ3v) is 4.62. The predicted octanol–water partition coefficient (Wildman–Crippen LogP) is 4.73. The number of ether oxygens (including phenoxy) is 1. The van der Waals surface area contributed by atoms with Crippen molar-refractivity contribution in [3.05, 3.63) is 70.7 Å². The van der Waals surface area contributed by atoms with E-state index in [-0.39, 0.29) is 11.2 Å². The Kier molecular flexibility index (Phi) is 7.06. The first kappa shape index (κ1) is 17.5. The summed E-state index contributed by atoms with van der Waals surface area (Å²) in [6, 6.07) is 17.5. The molecule has 2 aromatic carbocycles. The smallest absolute Gasteiger partial charge is 0.306 e. The molecule has 0 saturated heterocycles. The highest BCUT2D eigenvalue weighted by atomic mass is 35.5. The molecule has 0 saturated carbocycles. The summed E-state index contributed by atoms with van der Waals surface area (Å²) in [7, 11) is 1.40. The molecule has 0 fully saturated rings. The topological polar surface area (TPSA) is 26.3 Å². The number of thioether (sulfide) groups is 1. The zero-order chi connectivity index (χ0) is 16.5. The summed E-state index contributed by atoms with van der Waals surface area (Å²) in [6.45, 7) is 0. The van der Waals surface area contributed by atoms with E-state index < -0.39 is 0 Å². The highest BCUT2D eigenvalue weighted by Crippen LogP contribution is 2.33. The van der Waals surface area contributed by atoms with Gasteiger partial charge in [0.1, 0.15) is 0 Å². The average molecular weight is 345 g/mol. The minimum Gasteiger partial charge on any atom is -0.469 e. The number of esters is 1. The summed E-state index contributed by atoms with van der Waals surface area (Å²) in [6.07, 6.45) is 0.356. The van der Waals surface area contributed by atoms with Gasteiger partial charge in [-0.1, -0.05) is 59.8 Å². The van der Waals surface area contributed by atoms with Gasteiger partial charge in [0.05, 0.1) is 18.8 Å². The second-order valence-corrected chi connectivity index (χ2v) is 6.35. The number of hydrogen-bond donors (Lipinski definition) is 0. The van der Waals surface area contributed by atoms with Crippen molar-refractivity contribution < 1.29 is 9.53 Å². The highest BCUT2D eigenvalue weighted by molar-refractivity contribution is 7.99. The molecule has 2 aromatic rings. The van der Waals surface area contributed by atoms with Crippen molar-refractivity contribution >= 4 is 29.3 Å². The van der Waals surface area contributed by atoms with Crippen molar-refractivity contribution in [1.29, 1.82) is 0 Å². The van der Waals surface area contributed by atoms with E-state index in [1.165, 1.54) is 7.11 Å². The summed E-state index contributed by atoms with van der Waals surface area (Å²) in [5.74, 6) is 6.85. The third-order valence-electron chi connectivity index (χ3n) is 3.13. The van der Waals surface area contributed by atoms with Gasteiger partial charge in [0.25, 0.3) is 0 Å². The van der Waals surface area contributed by atoms with Crippen LogP contribution in [0, 0.1) is 11.8 Å². The van der Waals surface area contributed by atoms with Crippen LogP contribution < -0.4 is 0 Å². The maximum atomic E-state index is 11.3. The van der Waals surface area contributed by atoms with E-state index in [2.05, 4.69) is 16.6 Å². The van der Waals surface area contributed by atoms with Crippen molar-refractivity contribution in [2.45, 2.75) is 11.7 Å². The number of methoxy groups -OCH3 is 1. The Balaban J connectivity index is 2.17. The van der Waals surface area contributed by atoms with Crippen LogP contribution in [0.15, 0.2) is 54.6 Å². The first-order valence-electron chi connectivity index (χ1n) is 7.20. The van der Waals surface area contributed by atoms with Crippen molar-refractivity contribution in [1.82, 2.24) is 0 Å². The predicted molar refractivity (Wildman–Crippen MR) is 96.6 cm³/mol. The number of carbonyl (C=O) groups excluding carboxylic acids is 1. The van der Waals surface area contributed by atoms with Gasteiger partial charge in [-0.15, -0.1) is 11.8 Å². The van der Waals surface area contributed by atoms with E-state index in [1.54, 1.807) is 11.8 Å². The van der Waals surface area contributed by atoms with Gasteiger partial charge in [-0.2, -0.15) is 0 Å². The first-order chi connectivity index (χ1) is 11.2. The van der Waals surface area contributed by atoms with Gasteiger partial charge in [-0.3, -0.25) is 4.79 Å². The van der Waals surface area contributed by atoms with E-state index in [0.717, 1.165) is 11.1 Å². The van der Waals surface area contributed by atoms with Crippen LogP contribution in [0.25, 0.3) is 0 Å². The molecule has 0 unspecified atom stereocenters. The van der Waals surface area contributed by atoms with Gasteiger partial charge in [0.2, 0.25) is 0 Å². The SMILES string of the molecule is COC(=O)CCS[C@@H](C#Cc1ccccc1)c1ccccc1Cl. The molecule has 0 aliphatic heterocycles. The monoisotopic (exact) mass is 344 g/mol. The molecule has 0 spiro atoms. The lowest BCUT2D eigenvalue weighted by Gasteiger charge is -2.12. The summed E-state index contributed by atoms with van der Waals surface area (Å²) in [5, 5.41) is 0.596. The van der Waals surface area contributed by atoms with E-state index in [1.807, 2.05) is 54.6 Å². The van der Waals surface area contributed by atoms with Gasteiger partial charge in [-0.25, -0.2) is 0 Å². The van der Waals surface area contributed by atoms with E-state index >= 15 is 0 Å². The number of halogens is 1. The van der Waals surface area contributed by atoms with Gasteiger partial charge >= 0.3 is 5.97 Å². The second kappa shape index (κ2) is 9.29.